The Bertz CT molecular complexity index is 1110. The smallest absolute Gasteiger partial charge is 0.338 e. The van der Waals surface area contributed by atoms with Gasteiger partial charge in [0, 0.05) is 17.3 Å². The molecule has 0 saturated heterocycles. The highest BCUT2D eigenvalue weighted by Gasteiger charge is 2.16. The number of nitro groups is 1. The number of aromatic amines is 2. The summed E-state index contributed by atoms with van der Waals surface area (Å²) in [5.74, 6) is -1.34. The number of nitrogens with zero attached hydrogens (tertiary/aromatic N) is 1. The third-order valence-corrected chi connectivity index (χ3v) is 3.76. The number of aryl methyl sites for hydroxylation is 1. The van der Waals surface area contributed by atoms with Gasteiger partial charge in [-0.25, -0.2) is 9.59 Å². The molecule has 0 aliphatic rings. The van der Waals surface area contributed by atoms with Gasteiger partial charge in [-0.1, -0.05) is 0 Å². The van der Waals surface area contributed by atoms with Crippen molar-refractivity contribution in [2.24, 2.45) is 0 Å². The standard InChI is InChI=1S/C17H14N4O6/c1-9-6-10(2-5-14(9)21(25)26)16(23)27-8-15(22)18-11-3-4-12-13(7-11)20-17(24)19-12/h2-7H,8H2,1H3,(H,18,22)(H2,19,20,24). The van der Waals surface area contributed by atoms with E-state index in [2.05, 4.69) is 15.3 Å². The molecule has 0 fully saturated rings. The number of esters is 1. The number of aromatic nitrogens is 2. The van der Waals surface area contributed by atoms with Crippen molar-refractivity contribution in [3.05, 3.63) is 68.1 Å². The normalized spacial score (nSPS) is 10.6. The number of nitrogens with one attached hydrogen (secondary N) is 3. The highest BCUT2D eigenvalue weighted by atomic mass is 16.6. The van der Waals surface area contributed by atoms with Gasteiger partial charge in [0.2, 0.25) is 0 Å². The average Bonchev–Trinajstić information content (AvgIpc) is 2.98. The van der Waals surface area contributed by atoms with Gasteiger partial charge < -0.3 is 20.0 Å². The molecule has 3 N–H and O–H groups in total. The zero-order valence-electron chi connectivity index (χ0n) is 14.1. The van der Waals surface area contributed by atoms with Crippen molar-refractivity contribution in [1.29, 1.82) is 0 Å². The van der Waals surface area contributed by atoms with Crippen LogP contribution in [-0.2, 0) is 9.53 Å². The SMILES string of the molecule is Cc1cc(C(=O)OCC(=O)Nc2ccc3[nH]c(=O)[nH]c3c2)ccc1[N+](=O)[O-]. The molecule has 0 aliphatic carbocycles. The number of anilines is 1. The topological polar surface area (TPSA) is 147 Å². The summed E-state index contributed by atoms with van der Waals surface area (Å²) in [4.78, 5) is 50.5. The summed E-state index contributed by atoms with van der Waals surface area (Å²) < 4.78 is 4.92. The van der Waals surface area contributed by atoms with Gasteiger partial charge in [0.1, 0.15) is 0 Å². The van der Waals surface area contributed by atoms with Crippen LogP contribution in [0.2, 0.25) is 0 Å². The van der Waals surface area contributed by atoms with Gasteiger partial charge in [0.25, 0.3) is 11.6 Å². The van der Waals surface area contributed by atoms with E-state index >= 15 is 0 Å². The molecule has 10 heteroatoms. The van der Waals surface area contributed by atoms with Gasteiger partial charge in [0.15, 0.2) is 6.61 Å². The fraction of sp³-hybridized carbons (Fsp3) is 0.118. The molecular weight excluding hydrogens is 356 g/mol. The van der Waals surface area contributed by atoms with E-state index in [-0.39, 0.29) is 16.9 Å². The zero-order valence-corrected chi connectivity index (χ0v) is 14.1. The lowest BCUT2D eigenvalue weighted by Gasteiger charge is -2.07. The van der Waals surface area contributed by atoms with Crippen molar-refractivity contribution in [3.63, 3.8) is 0 Å². The Hall–Kier alpha value is -3.95. The second kappa shape index (κ2) is 7.12. The van der Waals surface area contributed by atoms with Gasteiger partial charge in [-0.2, -0.15) is 0 Å². The van der Waals surface area contributed by atoms with Crippen molar-refractivity contribution >= 4 is 34.3 Å². The molecule has 10 nitrogen and oxygen atoms in total. The second-order valence-electron chi connectivity index (χ2n) is 5.72. The number of ether oxygens (including phenoxy) is 1. The molecule has 0 atom stereocenters. The van der Waals surface area contributed by atoms with Crippen molar-refractivity contribution in [3.8, 4) is 0 Å². The van der Waals surface area contributed by atoms with E-state index in [1.807, 2.05) is 0 Å². The minimum atomic E-state index is -0.770. The third kappa shape index (κ3) is 4.00. The van der Waals surface area contributed by atoms with Crippen LogP contribution in [0.25, 0.3) is 11.0 Å². The molecule has 2 aromatic carbocycles. The molecule has 138 valence electrons. The van der Waals surface area contributed by atoms with Crippen LogP contribution < -0.4 is 11.0 Å². The second-order valence-corrected chi connectivity index (χ2v) is 5.72. The van der Waals surface area contributed by atoms with Gasteiger partial charge in [0.05, 0.1) is 21.5 Å². The fourth-order valence-electron chi connectivity index (χ4n) is 2.51. The lowest BCUT2D eigenvalue weighted by Crippen LogP contribution is -2.21. The minimum absolute atomic E-state index is 0.109. The quantitative estimate of drug-likeness (QED) is 0.355. The lowest BCUT2D eigenvalue weighted by molar-refractivity contribution is -0.385. The Morgan fingerprint density at radius 1 is 1.15 bits per heavy atom. The van der Waals surface area contributed by atoms with Crippen LogP contribution in [0, 0.1) is 17.0 Å². The van der Waals surface area contributed by atoms with Crippen LogP contribution >= 0.6 is 0 Å². The van der Waals surface area contributed by atoms with Gasteiger partial charge >= 0.3 is 11.7 Å². The van der Waals surface area contributed by atoms with Crippen LogP contribution in [0.3, 0.4) is 0 Å². The Balaban J connectivity index is 1.60. The van der Waals surface area contributed by atoms with Crippen LogP contribution in [0.5, 0.6) is 0 Å². The molecule has 3 aromatic rings. The number of imidazole rings is 1. The third-order valence-electron chi connectivity index (χ3n) is 3.76. The van der Waals surface area contributed by atoms with E-state index in [1.165, 1.54) is 25.1 Å². The van der Waals surface area contributed by atoms with Crippen molar-refractivity contribution in [1.82, 2.24) is 9.97 Å². The first-order valence-corrected chi connectivity index (χ1v) is 7.77. The number of hydrogen-bond donors (Lipinski definition) is 3. The predicted octanol–water partition coefficient (Wildman–Crippen LogP) is 1.87. The van der Waals surface area contributed by atoms with Gasteiger partial charge in [-0.3, -0.25) is 14.9 Å². The molecular formula is C17H14N4O6. The average molecular weight is 370 g/mol. The molecule has 3 rings (SSSR count). The Morgan fingerprint density at radius 3 is 2.59 bits per heavy atom. The van der Waals surface area contributed by atoms with Crippen LogP contribution in [0.1, 0.15) is 15.9 Å². The number of amides is 1. The summed E-state index contributed by atoms with van der Waals surface area (Å²) in [6, 6.07) is 8.57. The van der Waals surface area contributed by atoms with Gasteiger partial charge in [-0.15, -0.1) is 0 Å². The summed E-state index contributed by atoms with van der Waals surface area (Å²) in [5, 5.41) is 13.3. The maximum Gasteiger partial charge on any atom is 0.338 e. The molecule has 0 bridgehead atoms. The summed E-state index contributed by atoms with van der Waals surface area (Å²) in [6.07, 6.45) is 0. The molecule has 27 heavy (non-hydrogen) atoms. The highest BCUT2D eigenvalue weighted by Crippen LogP contribution is 2.19. The molecule has 0 aliphatic heterocycles. The maximum atomic E-state index is 12.0. The zero-order chi connectivity index (χ0) is 19.6. The molecule has 1 aromatic heterocycles. The van der Waals surface area contributed by atoms with Crippen LogP contribution in [-0.4, -0.2) is 33.4 Å². The molecule has 1 amide bonds. The molecule has 0 spiro atoms. The van der Waals surface area contributed by atoms with Crippen molar-refractivity contribution in [2.45, 2.75) is 6.92 Å². The summed E-state index contributed by atoms with van der Waals surface area (Å²) >= 11 is 0. The van der Waals surface area contributed by atoms with E-state index in [4.69, 9.17) is 4.74 Å². The number of carbonyl (C=O) groups excluding carboxylic acids is 2. The predicted molar refractivity (Wildman–Crippen MR) is 95.7 cm³/mol. The first-order chi connectivity index (χ1) is 12.8. The summed E-state index contributed by atoms with van der Waals surface area (Å²) in [6.45, 7) is 0.972. The van der Waals surface area contributed by atoms with Crippen molar-refractivity contribution < 1.29 is 19.2 Å². The molecule has 0 radical (unpaired) electrons. The Morgan fingerprint density at radius 2 is 1.89 bits per heavy atom. The fourth-order valence-corrected chi connectivity index (χ4v) is 2.51. The summed E-state index contributed by atoms with van der Waals surface area (Å²) in [5.41, 5.74) is 1.49. The van der Waals surface area contributed by atoms with E-state index in [1.54, 1.807) is 18.2 Å². The molecule has 0 saturated carbocycles. The largest absolute Gasteiger partial charge is 0.452 e. The van der Waals surface area contributed by atoms with Crippen LogP contribution in [0.4, 0.5) is 11.4 Å². The minimum Gasteiger partial charge on any atom is -0.452 e. The lowest BCUT2D eigenvalue weighted by atomic mass is 10.1. The first-order valence-electron chi connectivity index (χ1n) is 7.77. The Kier molecular flexibility index (Phi) is 4.71. The summed E-state index contributed by atoms with van der Waals surface area (Å²) in [7, 11) is 0. The van der Waals surface area contributed by atoms with E-state index in [0.29, 0.717) is 22.3 Å². The Labute approximate surface area is 151 Å². The monoisotopic (exact) mass is 370 g/mol. The van der Waals surface area contributed by atoms with E-state index < -0.39 is 23.4 Å². The van der Waals surface area contributed by atoms with Crippen LogP contribution in [0.15, 0.2) is 41.2 Å². The van der Waals surface area contributed by atoms with Gasteiger partial charge in [-0.05, 0) is 37.3 Å². The van der Waals surface area contributed by atoms with E-state index in [9.17, 15) is 24.5 Å². The number of fused-ring (bicyclic) bond motifs is 1. The van der Waals surface area contributed by atoms with E-state index in [0.717, 1.165) is 0 Å². The highest BCUT2D eigenvalue weighted by molar-refractivity contribution is 5.96. The maximum absolute atomic E-state index is 12.0. The van der Waals surface area contributed by atoms with Crippen molar-refractivity contribution in [2.75, 3.05) is 11.9 Å². The number of nitro benzene ring substituents is 1. The molecule has 0 unspecified atom stereocenters. The number of benzene rings is 2. The number of hydrogen-bond acceptors (Lipinski definition) is 6. The molecule has 1 heterocycles. The number of carbonyl (C=O) groups is 2. The number of rotatable bonds is 5. The number of H-pyrrole nitrogens is 2. The first kappa shape index (κ1) is 17.9.